The third-order valence-electron chi connectivity index (χ3n) is 3.76. The quantitative estimate of drug-likeness (QED) is 0.906. The van der Waals surface area contributed by atoms with Gasteiger partial charge in [0.05, 0.1) is 27.9 Å². The van der Waals surface area contributed by atoms with Crippen LogP contribution in [-0.2, 0) is 22.8 Å². The molecule has 0 radical (unpaired) electrons. The molecular weight excluding hydrogens is 286 g/mol. The smallest absolute Gasteiger partial charge is 0.150 e. The first kappa shape index (κ1) is 14.8. The van der Waals surface area contributed by atoms with Crippen molar-refractivity contribution in [1.82, 2.24) is 9.78 Å². The molecule has 1 aliphatic heterocycles. The summed E-state index contributed by atoms with van der Waals surface area (Å²) in [5, 5.41) is 5.00. The monoisotopic (exact) mass is 305 g/mol. The number of aryl methyl sites for hydroxylation is 2. The van der Waals surface area contributed by atoms with E-state index in [1.165, 1.54) is 0 Å². The molecule has 0 bridgehead atoms. The van der Waals surface area contributed by atoms with Gasteiger partial charge in [-0.25, -0.2) is 8.42 Å². The second-order valence-corrected chi connectivity index (χ2v) is 7.80. The van der Waals surface area contributed by atoms with Crippen molar-refractivity contribution in [3.63, 3.8) is 0 Å². The van der Waals surface area contributed by atoms with Gasteiger partial charge in [-0.3, -0.25) is 4.68 Å². The first-order chi connectivity index (χ1) is 8.84. The Bertz CT molecular complexity index is 568. The van der Waals surface area contributed by atoms with Gasteiger partial charge in [-0.05, 0) is 26.2 Å². The topological polar surface area (TPSA) is 78.0 Å². The Hall–Kier alpha value is -0.590. The molecule has 2 N–H and O–H groups in total. The molecule has 2 rings (SSSR count). The van der Waals surface area contributed by atoms with Crippen LogP contribution in [0.25, 0.3) is 0 Å². The molecule has 0 spiro atoms. The molecule has 2 heterocycles. The van der Waals surface area contributed by atoms with Crippen LogP contribution in [0, 0.1) is 12.8 Å². The van der Waals surface area contributed by atoms with Crippen LogP contribution in [0.2, 0.25) is 5.02 Å². The van der Waals surface area contributed by atoms with Crippen LogP contribution in [0.3, 0.4) is 0 Å². The summed E-state index contributed by atoms with van der Waals surface area (Å²) < 4.78 is 24.8. The van der Waals surface area contributed by atoms with E-state index in [2.05, 4.69) is 5.10 Å². The summed E-state index contributed by atoms with van der Waals surface area (Å²) in [6.07, 6.45) is 1.23. The van der Waals surface area contributed by atoms with Crippen LogP contribution >= 0.6 is 11.6 Å². The molecule has 1 aromatic rings. The molecule has 1 fully saturated rings. The maximum Gasteiger partial charge on any atom is 0.150 e. The van der Waals surface area contributed by atoms with Gasteiger partial charge in [-0.15, -0.1) is 0 Å². The van der Waals surface area contributed by atoms with Crippen molar-refractivity contribution in [3.8, 4) is 0 Å². The van der Waals surface area contributed by atoms with E-state index in [0.29, 0.717) is 17.9 Å². The standard InChI is InChI=1S/C12H20ClN3O2S/c1-3-16-11(12(13)8(2)15-16)6-10(14)9-4-5-19(17,18)7-9/h9-10H,3-7,14H2,1-2H3. The zero-order chi connectivity index (χ0) is 14.2. The Kier molecular flexibility index (Phi) is 4.23. The number of hydrogen-bond donors (Lipinski definition) is 1. The van der Waals surface area contributed by atoms with Gasteiger partial charge >= 0.3 is 0 Å². The van der Waals surface area contributed by atoms with E-state index in [-0.39, 0.29) is 23.5 Å². The van der Waals surface area contributed by atoms with Gasteiger partial charge in [0, 0.05) is 19.0 Å². The molecule has 2 atom stereocenters. The highest BCUT2D eigenvalue weighted by atomic mass is 35.5. The highest BCUT2D eigenvalue weighted by Gasteiger charge is 2.32. The molecule has 108 valence electrons. The van der Waals surface area contributed by atoms with Crippen molar-refractivity contribution in [1.29, 1.82) is 0 Å². The largest absolute Gasteiger partial charge is 0.327 e. The minimum Gasteiger partial charge on any atom is -0.327 e. The molecule has 0 amide bonds. The first-order valence-electron chi connectivity index (χ1n) is 6.52. The number of hydrogen-bond acceptors (Lipinski definition) is 4. The predicted octanol–water partition coefficient (Wildman–Crippen LogP) is 1.17. The second kappa shape index (κ2) is 5.42. The van der Waals surface area contributed by atoms with E-state index in [1.807, 2.05) is 18.5 Å². The van der Waals surface area contributed by atoms with Crippen LogP contribution in [0.15, 0.2) is 0 Å². The normalized spacial score (nSPS) is 23.7. The predicted molar refractivity (Wildman–Crippen MR) is 76.1 cm³/mol. The molecule has 5 nitrogen and oxygen atoms in total. The van der Waals surface area contributed by atoms with E-state index >= 15 is 0 Å². The van der Waals surface area contributed by atoms with Gasteiger partial charge in [-0.2, -0.15) is 5.10 Å². The summed E-state index contributed by atoms with van der Waals surface area (Å²) in [7, 11) is -2.89. The lowest BCUT2D eigenvalue weighted by molar-refractivity contribution is 0.447. The Morgan fingerprint density at radius 1 is 1.58 bits per heavy atom. The lowest BCUT2D eigenvalue weighted by Crippen LogP contribution is -2.34. The van der Waals surface area contributed by atoms with E-state index in [4.69, 9.17) is 17.3 Å². The zero-order valence-corrected chi connectivity index (χ0v) is 12.8. The van der Waals surface area contributed by atoms with Crippen LogP contribution in [0.1, 0.15) is 24.7 Å². The van der Waals surface area contributed by atoms with Gasteiger partial charge in [0.25, 0.3) is 0 Å². The Morgan fingerprint density at radius 2 is 2.26 bits per heavy atom. The highest BCUT2D eigenvalue weighted by molar-refractivity contribution is 7.91. The maximum absolute atomic E-state index is 11.5. The summed E-state index contributed by atoms with van der Waals surface area (Å²) in [6.45, 7) is 4.60. The summed E-state index contributed by atoms with van der Waals surface area (Å²) in [5.74, 6) is 0.484. The first-order valence-corrected chi connectivity index (χ1v) is 8.71. The lowest BCUT2D eigenvalue weighted by Gasteiger charge is -2.18. The molecule has 0 saturated carbocycles. The average Bonchev–Trinajstić information content (AvgIpc) is 2.83. The molecule has 1 aliphatic rings. The molecule has 19 heavy (non-hydrogen) atoms. The lowest BCUT2D eigenvalue weighted by atomic mass is 9.96. The minimum absolute atomic E-state index is 0.0292. The van der Waals surface area contributed by atoms with E-state index < -0.39 is 9.84 Å². The van der Waals surface area contributed by atoms with Crippen molar-refractivity contribution >= 4 is 21.4 Å². The zero-order valence-electron chi connectivity index (χ0n) is 11.3. The minimum atomic E-state index is -2.89. The molecule has 2 unspecified atom stereocenters. The van der Waals surface area contributed by atoms with E-state index in [1.54, 1.807) is 0 Å². The second-order valence-electron chi connectivity index (χ2n) is 5.19. The Balaban J connectivity index is 2.13. The fraction of sp³-hybridized carbons (Fsp3) is 0.750. The third kappa shape index (κ3) is 3.12. The van der Waals surface area contributed by atoms with Crippen molar-refractivity contribution in [2.24, 2.45) is 11.7 Å². The van der Waals surface area contributed by atoms with Gasteiger partial charge in [0.15, 0.2) is 9.84 Å². The molecular formula is C12H20ClN3O2S. The molecule has 7 heteroatoms. The number of rotatable bonds is 4. The summed E-state index contributed by atoms with van der Waals surface area (Å²) in [4.78, 5) is 0. The summed E-state index contributed by atoms with van der Waals surface area (Å²) >= 11 is 6.24. The summed E-state index contributed by atoms with van der Waals surface area (Å²) in [6, 6.07) is -0.184. The van der Waals surface area contributed by atoms with Gasteiger partial charge in [0.2, 0.25) is 0 Å². The maximum atomic E-state index is 11.5. The van der Waals surface area contributed by atoms with E-state index in [0.717, 1.165) is 17.9 Å². The van der Waals surface area contributed by atoms with Gasteiger partial charge in [0.1, 0.15) is 0 Å². The van der Waals surface area contributed by atoms with Crippen molar-refractivity contribution in [2.45, 2.75) is 39.3 Å². The van der Waals surface area contributed by atoms with Crippen molar-refractivity contribution in [2.75, 3.05) is 11.5 Å². The van der Waals surface area contributed by atoms with Crippen molar-refractivity contribution < 1.29 is 8.42 Å². The fourth-order valence-corrected chi connectivity index (χ4v) is 4.72. The number of halogens is 1. The Morgan fingerprint density at radius 3 is 2.79 bits per heavy atom. The van der Waals surface area contributed by atoms with Crippen molar-refractivity contribution in [3.05, 3.63) is 16.4 Å². The fourth-order valence-electron chi connectivity index (χ4n) is 2.62. The average molecular weight is 306 g/mol. The van der Waals surface area contributed by atoms with Gasteiger partial charge < -0.3 is 5.73 Å². The molecule has 1 saturated heterocycles. The van der Waals surface area contributed by atoms with E-state index in [9.17, 15) is 8.42 Å². The molecule has 1 aromatic heterocycles. The molecule has 0 aromatic carbocycles. The van der Waals surface area contributed by atoms with Crippen LogP contribution in [-0.4, -0.2) is 35.7 Å². The number of nitrogens with zero attached hydrogens (tertiary/aromatic N) is 2. The van der Waals surface area contributed by atoms with Crippen LogP contribution in [0.4, 0.5) is 0 Å². The van der Waals surface area contributed by atoms with Crippen LogP contribution < -0.4 is 5.73 Å². The third-order valence-corrected chi connectivity index (χ3v) is 6.04. The number of sulfone groups is 1. The van der Waals surface area contributed by atoms with Crippen LogP contribution in [0.5, 0.6) is 0 Å². The van der Waals surface area contributed by atoms with Gasteiger partial charge in [-0.1, -0.05) is 11.6 Å². The number of nitrogens with two attached hydrogens (primary N) is 1. The molecule has 0 aliphatic carbocycles. The summed E-state index contributed by atoms with van der Waals surface area (Å²) in [5.41, 5.74) is 7.88. The highest BCUT2D eigenvalue weighted by Crippen LogP contribution is 2.26. The Labute approximate surface area is 119 Å². The number of aromatic nitrogens is 2. The SMILES string of the molecule is CCn1nc(C)c(Cl)c1CC(N)C1CCS(=O)(=O)C1.